The van der Waals surface area contributed by atoms with Crippen LogP contribution in [-0.4, -0.2) is 5.78 Å². The summed E-state index contributed by atoms with van der Waals surface area (Å²) < 4.78 is 14.5. The lowest BCUT2D eigenvalue weighted by Gasteiger charge is -2.05. The van der Waals surface area contributed by atoms with E-state index in [0.29, 0.717) is 15.1 Å². The molecule has 0 aliphatic carbocycles. The van der Waals surface area contributed by atoms with Crippen molar-refractivity contribution in [3.05, 3.63) is 66.4 Å². The zero-order valence-electron chi connectivity index (χ0n) is 9.59. The van der Waals surface area contributed by atoms with Gasteiger partial charge in [0.1, 0.15) is 5.82 Å². The first kappa shape index (κ1) is 14.9. The van der Waals surface area contributed by atoms with Crippen molar-refractivity contribution in [3.8, 4) is 0 Å². The lowest BCUT2D eigenvalue weighted by molar-refractivity contribution is 0.0992. The van der Waals surface area contributed by atoms with Gasteiger partial charge in [-0.25, -0.2) is 4.39 Å². The van der Waals surface area contributed by atoms with Gasteiger partial charge in [-0.15, -0.1) is 0 Å². The molecule has 0 unspecified atom stereocenters. The van der Waals surface area contributed by atoms with E-state index >= 15 is 0 Å². The molecule has 98 valence electrons. The molecule has 5 heteroatoms. The van der Waals surface area contributed by atoms with Gasteiger partial charge in [0, 0.05) is 20.0 Å². The van der Waals surface area contributed by atoms with Crippen LogP contribution in [0.3, 0.4) is 0 Å². The lowest BCUT2D eigenvalue weighted by atomic mass is 10.0. The molecule has 0 spiro atoms. The molecule has 0 heterocycles. The molecule has 0 saturated heterocycles. The van der Waals surface area contributed by atoms with E-state index < -0.39 is 0 Å². The first-order valence-electron chi connectivity index (χ1n) is 5.39. The van der Waals surface area contributed by atoms with Gasteiger partial charge in [0.15, 0.2) is 5.78 Å². The summed E-state index contributed by atoms with van der Waals surface area (Å²) in [6, 6.07) is 9.50. The van der Waals surface area contributed by atoms with Crippen LogP contribution in [0, 0.1) is 9.39 Å². The minimum absolute atomic E-state index is 0.0504. The van der Waals surface area contributed by atoms with Crippen molar-refractivity contribution in [2.75, 3.05) is 0 Å². The molecule has 0 saturated carbocycles. The van der Waals surface area contributed by atoms with Crippen LogP contribution in [-0.2, 0) is 6.42 Å². The third kappa shape index (κ3) is 3.77. The monoisotopic (exact) mass is 452 g/mol. The predicted molar refractivity (Wildman–Crippen MR) is 86.3 cm³/mol. The van der Waals surface area contributed by atoms with Crippen LogP contribution in [0.2, 0.25) is 5.02 Å². The van der Waals surface area contributed by atoms with Crippen molar-refractivity contribution >= 4 is 55.9 Å². The first-order valence-corrected chi connectivity index (χ1v) is 7.64. The number of halogens is 4. The molecule has 2 aromatic carbocycles. The third-order valence-electron chi connectivity index (χ3n) is 2.61. The van der Waals surface area contributed by atoms with Gasteiger partial charge in [-0.3, -0.25) is 4.79 Å². The highest BCUT2D eigenvalue weighted by Crippen LogP contribution is 2.23. The summed E-state index contributed by atoms with van der Waals surface area (Å²) in [5.41, 5.74) is 1.31. The number of carbonyl (C=O) groups excluding carboxylic acids is 1. The first-order chi connectivity index (χ1) is 8.97. The van der Waals surface area contributed by atoms with Crippen molar-refractivity contribution in [1.82, 2.24) is 0 Å². The second-order valence-corrected chi connectivity index (χ2v) is 6.39. The van der Waals surface area contributed by atoms with Gasteiger partial charge in [-0.05, 0) is 52.4 Å². The summed E-state index contributed by atoms with van der Waals surface area (Å²) in [6.45, 7) is 0. The Labute approximate surface area is 137 Å². The van der Waals surface area contributed by atoms with Gasteiger partial charge < -0.3 is 0 Å². The van der Waals surface area contributed by atoms with E-state index in [9.17, 15) is 9.18 Å². The molecule has 2 aromatic rings. The Morgan fingerprint density at radius 2 is 2.00 bits per heavy atom. The largest absolute Gasteiger partial charge is 0.294 e. The molecule has 0 bridgehead atoms. The molecule has 0 atom stereocenters. The Hall–Kier alpha value is -0.460. The Balaban J connectivity index is 2.23. The minimum atomic E-state index is -0.333. The molecule has 0 fully saturated rings. The van der Waals surface area contributed by atoms with Crippen LogP contribution < -0.4 is 0 Å². The van der Waals surface area contributed by atoms with Gasteiger partial charge in [0.2, 0.25) is 0 Å². The highest BCUT2D eigenvalue weighted by atomic mass is 127. The Morgan fingerprint density at radius 3 is 2.63 bits per heavy atom. The van der Waals surface area contributed by atoms with Gasteiger partial charge >= 0.3 is 0 Å². The topological polar surface area (TPSA) is 17.1 Å². The second-order valence-electron chi connectivity index (χ2n) is 3.96. The normalized spacial score (nSPS) is 10.5. The van der Waals surface area contributed by atoms with E-state index in [-0.39, 0.29) is 18.0 Å². The fourth-order valence-electron chi connectivity index (χ4n) is 1.61. The summed E-state index contributed by atoms with van der Waals surface area (Å²) in [5.74, 6) is -0.383. The molecule has 0 aromatic heterocycles. The van der Waals surface area contributed by atoms with E-state index in [0.717, 1.165) is 9.13 Å². The maximum atomic E-state index is 13.0. The van der Waals surface area contributed by atoms with E-state index in [1.54, 1.807) is 24.3 Å². The molecule has 1 nitrogen and oxygen atoms in total. The molecule has 0 aliphatic rings. The van der Waals surface area contributed by atoms with Gasteiger partial charge in [-0.1, -0.05) is 39.7 Å². The van der Waals surface area contributed by atoms with Crippen LogP contribution >= 0.6 is 50.1 Å². The average Bonchev–Trinajstić information content (AvgIpc) is 2.36. The molecule has 0 aliphatic heterocycles. The van der Waals surface area contributed by atoms with Crippen LogP contribution in [0.15, 0.2) is 40.9 Å². The van der Waals surface area contributed by atoms with Gasteiger partial charge in [0.05, 0.1) is 5.02 Å². The zero-order valence-corrected chi connectivity index (χ0v) is 14.1. The van der Waals surface area contributed by atoms with Crippen molar-refractivity contribution in [2.24, 2.45) is 0 Å². The highest BCUT2D eigenvalue weighted by Gasteiger charge is 2.11. The number of rotatable bonds is 3. The molecule has 2 rings (SSSR count). The average molecular weight is 453 g/mol. The number of Topliss-reactive ketones (excluding diaryl/α,β-unsaturated/α-hetero) is 1. The SMILES string of the molecule is O=C(Cc1ccc(F)cc1Br)c1ccc(I)c(Cl)c1. The number of carbonyl (C=O) groups is 1. The minimum Gasteiger partial charge on any atom is -0.294 e. The van der Waals surface area contributed by atoms with Crippen molar-refractivity contribution in [2.45, 2.75) is 6.42 Å². The fraction of sp³-hybridized carbons (Fsp3) is 0.0714. The summed E-state index contributed by atoms with van der Waals surface area (Å²) in [7, 11) is 0. The second kappa shape index (κ2) is 6.33. The van der Waals surface area contributed by atoms with Crippen molar-refractivity contribution < 1.29 is 9.18 Å². The summed E-state index contributed by atoms with van der Waals surface area (Å²) in [5, 5.41) is 0.560. The Morgan fingerprint density at radius 1 is 1.26 bits per heavy atom. The van der Waals surface area contributed by atoms with Crippen LogP contribution in [0.5, 0.6) is 0 Å². The number of benzene rings is 2. The molecular formula is C14H8BrClFIO. The Bertz CT molecular complexity index is 645. The van der Waals surface area contributed by atoms with Crippen LogP contribution in [0.1, 0.15) is 15.9 Å². The van der Waals surface area contributed by atoms with E-state index in [1.165, 1.54) is 12.1 Å². The maximum Gasteiger partial charge on any atom is 0.167 e. The van der Waals surface area contributed by atoms with Crippen molar-refractivity contribution in [1.29, 1.82) is 0 Å². The number of hydrogen-bond acceptors (Lipinski definition) is 1. The van der Waals surface area contributed by atoms with Crippen molar-refractivity contribution in [3.63, 3.8) is 0 Å². The molecule has 19 heavy (non-hydrogen) atoms. The molecule has 0 amide bonds. The van der Waals surface area contributed by atoms with Crippen LogP contribution in [0.4, 0.5) is 4.39 Å². The van der Waals surface area contributed by atoms with Gasteiger partial charge in [-0.2, -0.15) is 0 Å². The van der Waals surface area contributed by atoms with E-state index in [2.05, 4.69) is 38.5 Å². The number of hydrogen-bond donors (Lipinski definition) is 0. The molecule has 0 N–H and O–H groups in total. The smallest absolute Gasteiger partial charge is 0.167 e. The van der Waals surface area contributed by atoms with Gasteiger partial charge in [0.25, 0.3) is 0 Å². The number of ketones is 1. The maximum absolute atomic E-state index is 13.0. The molecular weight excluding hydrogens is 445 g/mol. The quantitative estimate of drug-likeness (QED) is 0.457. The fourth-order valence-corrected chi connectivity index (χ4v) is 2.62. The van der Waals surface area contributed by atoms with Crippen LogP contribution in [0.25, 0.3) is 0 Å². The summed E-state index contributed by atoms with van der Waals surface area (Å²) in [6.07, 6.45) is 0.206. The summed E-state index contributed by atoms with van der Waals surface area (Å²) >= 11 is 11.4. The Kier molecular flexibility index (Phi) is 4.97. The van der Waals surface area contributed by atoms with E-state index in [1.807, 2.05) is 0 Å². The zero-order chi connectivity index (χ0) is 14.0. The third-order valence-corrected chi connectivity index (χ3v) is 4.92. The summed E-state index contributed by atoms with van der Waals surface area (Å²) in [4.78, 5) is 12.1. The molecule has 0 radical (unpaired) electrons. The highest BCUT2D eigenvalue weighted by molar-refractivity contribution is 14.1. The lowest BCUT2D eigenvalue weighted by Crippen LogP contribution is -2.04. The predicted octanol–water partition coefficient (Wildman–Crippen LogP) is 5.27. The standard InChI is InChI=1S/C14H8BrClFIO/c15-11-7-10(17)3-1-8(11)6-14(19)9-2-4-13(18)12(16)5-9/h1-5,7H,6H2. The van der Waals surface area contributed by atoms with E-state index in [4.69, 9.17) is 11.6 Å².